The zero-order valence-corrected chi connectivity index (χ0v) is 16.0. The lowest BCUT2D eigenvalue weighted by Gasteiger charge is -2.27. The lowest BCUT2D eigenvalue weighted by atomic mass is 9.94. The van der Waals surface area contributed by atoms with Crippen molar-refractivity contribution in [2.24, 2.45) is 17.6 Å². The van der Waals surface area contributed by atoms with Crippen molar-refractivity contribution >= 4 is 29.9 Å². The maximum absolute atomic E-state index is 13.7. The average molecular weight is 408 g/mol. The van der Waals surface area contributed by atoms with E-state index >= 15 is 0 Å². The molecule has 0 saturated heterocycles. The van der Waals surface area contributed by atoms with Crippen LogP contribution in [0.1, 0.15) is 32.6 Å². The van der Waals surface area contributed by atoms with E-state index < -0.39 is 29.0 Å². The summed E-state index contributed by atoms with van der Waals surface area (Å²) in [5.41, 5.74) is 5.26. The summed E-state index contributed by atoms with van der Waals surface area (Å²) in [7, 11) is 0. The van der Waals surface area contributed by atoms with Crippen LogP contribution in [0.3, 0.4) is 0 Å². The molecule has 27 heavy (non-hydrogen) atoms. The van der Waals surface area contributed by atoms with Gasteiger partial charge in [0.2, 0.25) is 11.8 Å². The van der Waals surface area contributed by atoms with Crippen molar-refractivity contribution in [2.45, 2.75) is 32.6 Å². The molecule has 0 aromatic heterocycles. The van der Waals surface area contributed by atoms with E-state index in [0.717, 1.165) is 31.4 Å². The number of benzene rings is 1. The van der Waals surface area contributed by atoms with Crippen LogP contribution in [0.15, 0.2) is 12.1 Å². The van der Waals surface area contributed by atoms with E-state index in [4.69, 9.17) is 5.73 Å². The first-order valence-corrected chi connectivity index (χ1v) is 8.81. The first kappa shape index (κ1) is 23.2. The minimum Gasteiger partial charge on any atom is -0.333 e. The number of anilines is 1. The van der Waals surface area contributed by atoms with Crippen LogP contribution in [0.4, 0.5) is 18.9 Å². The smallest absolute Gasteiger partial charge is 0.244 e. The Hall–Kier alpha value is -1.80. The predicted molar refractivity (Wildman–Crippen MR) is 99.0 cm³/mol. The third-order valence-corrected chi connectivity index (χ3v) is 4.73. The van der Waals surface area contributed by atoms with Gasteiger partial charge in [0.15, 0.2) is 17.5 Å². The Kier molecular flexibility index (Phi) is 9.05. The molecule has 3 N–H and O–H groups in total. The van der Waals surface area contributed by atoms with Crippen LogP contribution >= 0.6 is 12.4 Å². The molecule has 1 aromatic rings. The molecule has 0 heterocycles. The summed E-state index contributed by atoms with van der Waals surface area (Å²) in [5.74, 6) is -5.36. The molecule has 152 valence electrons. The van der Waals surface area contributed by atoms with Gasteiger partial charge in [-0.15, -0.1) is 12.4 Å². The first-order valence-electron chi connectivity index (χ1n) is 8.81. The Morgan fingerprint density at radius 1 is 1.22 bits per heavy atom. The molecule has 0 aliphatic heterocycles. The number of carbonyl (C=O) groups is 2. The minimum absolute atomic E-state index is 0. The molecule has 2 amide bonds. The van der Waals surface area contributed by atoms with Gasteiger partial charge in [0, 0.05) is 12.5 Å². The van der Waals surface area contributed by atoms with Crippen LogP contribution < -0.4 is 11.1 Å². The highest BCUT2D eigenvalue weighted by atomic mass is 35.5. The van der Waals surface area contributed by atoms with Gasteiger partial charge >= 0.3 is 0 Å². The fourth-order valence-corrected chi connectivity index (χ4v) is 3.40. The van der Waals surface area contributed by atoms with E-state index in [1.807, 2.05) is 6.92 Å². The van der Waals surface area contributed by atoms with Crippen molar-refractivity contribution in [1.82, 2.24) is 4.90 Å². The maximum atomic E-state index is 13.7. The number of hydrogen-bond acceptors (Lipinski definition) is 3. The molecule has 1 fully saturated rings. The zero-order valence-electron chi connectivity index (χ0n) is 15.1. The van der Waals surface area contributed by atoms with Crippen molar-refractivity contribution in [2.75, 3.05) is 25.0 Å². The Morgan fingerprint density at radius 2 is 1.93 bits per heavy atom. The highest BCUT2D eigenvalue weighted by Gasteiger charge is 2.35. The maximum Gasteiger partial charge on any atom is 0.244 e. The van der Waals surface area contributed by atoms with E-state index in [2.05, 4.69) is 5.32 Å². The summed E-state index contributed by atoms with van der Waals surface area (Å²) in [4.78, 5) is 26.4. The molecule has 1 saturated carbocycles. The van der Waals surface area contributed by atoms with Crippen LogP contribution in [-0.2, 0) is 9.59 Å². The Labute approximate surface area is 162 Å². The normalized spacial score (nSPS) is 18.7. The lowest BCUT2D eigenvalue weighted by molar-refractivity contribution is -0.139. The average Bonchev–Trinajstić information content (AvgIpc) is 3.10. The molecule has 0 radical (unpaired) electrons. The number of amides is 2. The van der Waals surface area contributed by atoms with Crippen molar-refractivity contribution in [3.05, 3.63) is 29.6 Å². The highest BCUT2D eigenvalue weighted by Crippen LogP contribution is 2.32. The first-order chi connectivity index (χ1) is 12.4. The molecular weight excluding hydrogens is 383 g/mol. The monoisotopic (exact) mass is 407 g/mol. The Morgan fingerprint density at radius 3 is 2.56 bits per heavy atom. The van der Waals surface area contributed by atoms with Gasteiger partial charge in [-0.3, -0.25) is 9.59 Å². The number of rotatable bonds is 7. The van der Waals surface area contributed by atoms with E-state index in [-0.39, 0.29) is 36.7 Å². The van der Waals surface area contributed by atoms with Crippen LogP contribution in [0.5, 0.6) is 0 Å². The van der Waals surface area contributed by atoms with Gasteiger partial charge in [-0.2, -0.15) is 0 Å². The summed E-state index contributed by atoms with van der Waals surface area (Å²) in [5, 5.41) is 2.20. The molecule has 0 spiro atoms. The topological polar surface area (TPSA) is 75.4 Å². The molecule has 2 atom stereocenters. The van der Waals surface area contributed by atoms with Crippen molar-refractivity contribution in [3.8, 4) is 0 Å². The highest BCUT2D eigenvalue weighted by molar-refractivity contribution is 5.95. The summed E-state index contributed by atoms with van der Waals surface area (Å²) in [6.07, 6.45) is 3.20. The molecule has 0 bridgehead atoms. The van der Waals surface area contributed by atoms with Gasteiger partial charge in [0.05, 0.1) is 12.2 Å². The number of carbonyl (C=O) groups excluding carboxylic acids is 2. The van der Waals surface area contributed by atoms with Gasteiger partial charge in [-0.1, -0.05) is 13.3 Å². The third-order valence-electron chi connectivity index (χ3n) is 4.73. The molecule has 5 nitrogen and oxygen atoms in total. The summed E-state index contributed by atoms with van der Waals surface area (Å²) in [6.45, 7) is 2.39. The molecule has 9 heteroatoms. The number of nitrogens with two attached hydrogens (primary N) is 1. The lowest BCUT2D eigenvalue weighted by Crippen LogP contribution is -2.43. The van der Waals surface area contributed by atoms with E-state index in [9.17, 15) is 22.8 Å². The van der Waals surface area contributed by atoms with Crippen molar-refractivity contribution in [1.29, 1.82) is 0 Å². The van der Waals surface area contributed by atoms with E-state index in [1.165, 1.54) is 4.90 Å². The number of nitrogens with zero attached hydrogens (tertiary/aromatic N) is 1. The fraction of sp³-hybridized carbons (Fsp3) is 0.556. The largest absolute Gasteiger partial charge is 0.333 e. The fourth-order valence-electron chi connectivity index (χ4n) is 3.40. The van der Waals surface area contributed by atoms with Crippen LogP contribution in [0.25, 0.3) is 0 Å². The summed E-state index contributed by atoms with van der Waals surface area (Å²) >= 11 is 0. The second-order valence-electron chi connectivity index (χ2n) is 6.56. The van der Waals surface area contributed by atoms with Crippen molar-refractivity contribution < 1.29 is 22.8 Å². The summed E-state index contributed by atoms with van der Waals surface area (Å²) < 4.78 is 39.9. The Balaban J connectivity index is 0.00000364. The minimum atomic E-state index is -1.65. The zero-order chi connectivity index (χ0) is 19.3. The second-order valence-corrected chi connectivity index (χ2v) is 6.56. The van der Waals surface area contributed by atoms with Gasteiger partial charge in [-0.05, 0) is 43.9 Å². The van der Waals surface area contributed by atoms with Gasteiger partial charge in [-0.25, -0.2) is 13.2 Å². The number of hydrogen-bond donors (Lipinski definition) is 2. The predicted octanol–water partition coefficient (Wildman–Crippen LogP) is 3.08. The molecular formula is C18H25ClF3N3O2. The van der Waals surface area contributed by atoms with Crippen LogP contribution in [0, 0.1) is 29.3 Å². The molecule has 1 aliphatic rings. The SMILES string of the molecule is CCCN(CC(=O)Nc1ccc(F)c(F)c1F)C(=O)[C@@H]1CCC[C@@H]1CN.Cl. The molecule has 0 unspecified atom stereocenters. The van der Waals surface area contributed by atoms with Crippen LogP contribution in [-0.4, -0.2) is 36.3 Å². The quantitative estimate of drug-likeness (QED) is 0.682. The second kappa shape index (κ2) is 10.5. The standard InChI is InChI=1S/C18H24F3N3O2.ClH/c1-2-8-24(18(26)12-5-3-4-11(12)9-22)10-15(25)23-14-7-6-13(19)16(20)17(14)21;/h6-7,11-12H,2-5,8-10,22H2,1H3,(H,23,25);1H/t11-,12-;/m1./s1. The van der Waals surface area contributed by atoms with Crippen LogP contribution in [0.2, 0.25) is 0 Å². The van der Waals surface area contributed by atoms with E-state index in [0.29, 0.717) is 19.5 Å². The van der Waals surface area contributed by atoms with Gasteiger partial charge in [0.1, 0.15) is 0 Å². The number of halogens is 4. The molecule has 2 rings (SSSR count). The van der Waals surface area contributed by atoms with Gasteiger partial charge < -0.3 is 16.0 Å². The van der Waals surface area contributed by atoms with E-state index in [1.54, 1.807) is 0 Å². The van der Waals surface area contributed by atoms with Gasteiger partial charge in [0.25, 0.3) is 0 Å². The van der Waals surface area contributed by atoms with Crippen molar-refractivity contribution in [3.63, 3.8) is 0 Å². The summed E-state index contributed by atoms with van der Waals surface area (Å²) in [6, 6.07) is 1.67. The molecule has 1 aliphatic carbocycles. The third kappa shape index (κ3) is 5.59. The number of nitrogens with one attached hydrogen (secondary N) is 1. The molecule has 1 aromatic carbocycles. The Bertz CT molecular complexity index is 675.